The lowest BCUT2D eigenvalue weighted by Gasteiger charge is -2.20. The predicted molar refractivity (Wildman–Crippen MR) is 51.0 cm³/mol. The number of hydrogen-bond donors (Lipinski definition) is 2. The Morgan fingerprint density at radius 2 is 1.93 bits per heavy atom. The molecule has 0 unspecified atom stereocenters. The van der Waals surface area contributed by atoms with Crippen molar-refractivity contribution in [2.24, 2.45) is 5.92 Å². The number of rotatable bonds is 3. The molecule has 0 aromatic carbocycles. The number of carboxylic acid groups (broad SMARTS) is 1. The molecule has 0 aliphatic rings. The lowest BCUT2D eigenvalue weighted by atomic mass is 10.2. The van der Waals surface area contributed by atoms with Gasteiger partial charge in [-0.25, -0.2) is 4.79 Å². The van der Waals surface area contributed by atoms with E-state index in [4.69, 9.17) is 9.84 Å². The molecule has 0 aliphatic carbocycles. The van der Waals surface area contributed by atoms with Crippen molar-refractivity contribution in [3.8, 4) is 0 Å². The zero-order valence-electron chi connectivity index (χ0n) is 8.96. The third-order valence-electron chi connectivity index (χ3n) is 1.37. The molecule has 82 valence electrons. The molecule has 2 N–H and O–H groups in total. The molecule has 0 bridgehead atoms. The van der Waals surface area contributed by atoms with Crippen LogP contribution in [0.2, 0.25) is 0 Å². The molecule has 0 radical (unpaired) electrons. The van der Waals surface area contributed by atoms with Gasteiger partial charge in [0.15, 0.2) is 0 Å². The Kier molecular flexibility index (Phi) is 4.40. The summed E-state index contributed by atoms with van der Waals surface area (Å²) in [5, 5.41) is 10.9. The van der Waals surface area contributed by atoms with Crippen molar-refractivity contribution in [1.82, 2.24) is 5.32 Å². The van der Waals surface area contributed by atoms with Crippen LogP contribution in [0.25, 0.3) is 0 Å². The third kappa shape index (κ3) is 6.28. The van der Waals surface area contributed by atoms with Gasteiger partial charge in [0.25, 0.3) is 0 Å². The van der Waals surface area contributed by atoms with Gasteiger partial charge in [0, 0.05) is 6.54 Å². The predicted octanol–water partition coefficient (Wildman–Crippen LogP) is 1.23. The lowest BCUT2D eigenvalue weighted by Crippen LogP contribution is -2.36. The molecule has 0 fully saturated rings. The van der Waals surface area contributed by atoms with Gasteiger partial charge in [-0.3, -0.25) is 4.79 Å². The van der Waals surface area contributed by atoms with E-state index in [9.17, 15) is 9.59 Å². The molecule has 0 aliphatic heterocycles. The van der Waals surface area contributed by atoms with Crippen LogP contribution in [0.5, 0.6) is 0 Å². The zero-order valence-corrected chi connectivity index (χ0v) is 8.96. The second-order valence-corrected chi connectivity index (χ2v) is 4.12. The highest BCUT2D eigenvalue weighted by Crippen LogP contribution is 2.06. The van der Waals surface area contributed by atoms with Crippen molar-refractivity contribution in [2.45, 2.75) is 33.3 Å². The Hall–Kier alpha value is -1.26. The zero-order chi connectivity index (χ0) is 11.4. The van der Waals surface area contributed by atoms with E-state index in [0.717, 1.165) is 0 Å². The van der Waals surface area contributed by atoms with E-state index in [2.05, 4.69) is 5.32 Å². The molecule has 1 amide bonds. The second-order valence-electron chi connectivity index (χ2n) is 4.12. The van der Waals surface area contributed by atoms with Gasteiger partial charge in [-0.05, 0) is 20.8 Å². The Bertz CT molecular complexity index is 219. The Labute approximate surface area is 83.4 Å². The molecular weight excluding hydrogens is 186 g/mol. The van der Waals surface area contributed by atoms with Gasteiger partial charge in [-0.2, -0.15) is 0 Å². The van der Waals surface area contributed by atoms with E-state index in [1.165, 1.54) is 6.92 Å². The maximum atomic E-state index is 11.1. The summed E-state index contributed by atoms with van der Waals surface area (Å²) in [6.07, 6.45) is -0.592. The summed E-state index contributed by atoms with van der Waals surface area (Å²) < 4.78 is 4.92. The van der Waals surface area contributed by atoms with Gasteiger partial charge in [0.05, 0.1) is 5.92 Å². The van der Waals surface area contributed by atoms with E-state index in [1.807, 2.05) is 0 Å². The second kappa shape index (κ2) is 4.83. The molecule has 0 rings (SSSR count). The highest BCUT2D eigenvalue weighted by Gasteiger charge is 2.17. The summed E-state index contributed by atoms with van der Waals surface area (Å²) in [5.41, 5.74) is -0.559. The van der Waals surface area contributed by atoms with E-state index >= 15 is 0 Å². The van der Waals surface area contributed by atoms with E-state index < -0.39 is 23.6 Å². The van der Waals surface area contributed by atoms with E-state index in [0.29, 0.717) is 0 Å². The van der Waals surface area contributed by atoms with Gasteiger partial charge in [-0.1, -0.05) is 6.92 Å². The fraction of sp³-hybridized carbons (Fsp3) is 0.778. The average Bonchev–Trinajstić information content (AvgIpc) is 1.96. The number of carbonyl (C=O) groups excluding carboxylic acids is 1. The SMILES string of the molecule is C[C@@H](CNC(=O)OC(C)(C)C)C(=O)O. The van der Waals surface area contributed by atoms with Gasteiger partial charge in [-0.15, -0.1) is 0 Å². The standard InChI is InChI=1S/C9H17NO4/c1-6(7(11)12)5-10-8(13)14-9(2,3)4/h6H,5H2,1-4H3,(H,10,13)(H,11,12)/t6-/m0/s1. The number of carboxylic acids is 1. The minimum absolute atomic E-state index is 0.0737. The quantitative estimate of drug-likeness (QED) is 0.723. The van der Waals surface area contributed by atoms with Gasteiger partial charge in [0.1, 0.15) is 5.60 Å². The van der Waals surface area contributed by atoms with Crippen molar-refractivity contribution in [2.75, 3.05) is 6.54 Å². The number of carbonyl (C=O) groups is 2. The minimum Gasteiger partial charge on any atom is -0.481 e. The Balaban J connectivity index is 3.81. The molecule has 0 spiro atoms. The highest BCUT2D eigenvalue weighted by atomic mass is 16.6. The van der Waals surface area contributed by atoms with Crippen LogP contribution in [0.1, 0.15) is 27.7 Å². The first-order valence-corrected chi connectivity index (χ1v) is 4.42. The third-order valence-corrected chi connectivity index (χ3v) is 1.37. The molecule has 1 atom stereocenters. The van der Waals surface area contributed by atoms with Crippen LogP contribution in [0, 0.1) is 5.92 Å². The van der Waals surface area contributed by atoms with Gasteiger partial charge < -0.3 is 15.2 Å². The first-order valence-electron chi connectivity index (χ1n) is 4.42. The minimum atomic E-state index is -0.943. The summed E-state index contributed by atoms with van der Waals surface area (Å²) >= 11 is 0. The summed E-state index contributed by atoms with van der Waals surface area (Å²) in [7, 11) is 0. The maximum absolute atomic E-state index is 11.1. The first kappa shape index (κ1) is 12.7. The first-order chi connectivity index (χ1) is 6.22. The van der Waals surface area contributed by atoms with Crippen molar-refractivity contribution in [1.29, 1.82) is 0 Å². The topological polar surface area (TPSA) is 75.6 Å². The Morgan fingerprint density at radius 1 is 1.43 bits per heavy atom. The molecule has 0 aromatic heterocycles. The molecular formula is C9H17NO4. The van der Waals surface area contributed by atoms with Crippen LogP contribution in [0.4, 0.5) is 4.79 Å². The summed E-state index contributed by atoms with van der Waals surface area (Å²) in [5.74, 6) is -1.55. The fourth-order valence-electron chi connectivity index (χ4n) is 0.638. The fourth-order valence-corrected chi connectivity index (χ4v) is 0.638. The molecule has 0 saturated heterocycles. The van der Waals surface area contributed by atoms with Crippen molar-refractivity contribution in [3.05, 3.63) is 0 Å². The van der Waals surface area contributed by atoms with Crippen molar-refractivity contribution < 1.29 is 19.4 Å². The van der Waals surface area contributed by atoms with Crippen LogP contribution in [-0.2, 0) is 9.53 Å². The van der Waals surface area contributed by atoms with Crippen LogP contribution < -0.4 is 5.32 Å². The van der Waals surface area contributed by atoms with Crippen LogP contribution in [0.15, 0.2) is 0 Å². The molecule has 0 saturated carbocycles. The number of amides is 1. The smallest absolute Gasteiger partial charge is 0.407 e. The summed E-state index contributed by atoms with van der Waals surface area (Å²) in [4.78, 5) is 21.5. The van der Waals surface area contributed by atoms with Crippen molar-refractivity contribution in [3.63, 3.8) is 0 Å². The number of alkyl carbamates (subject to hydrolysis) is 1. The molecule has 0 aromatic rings. The number of aliphatic carboxylic acids is 1. The summed E-state index contributed by atoms with van der Waals surface area (Å²) in [6.45, 7) is 6.82. The maximum Gasteiger partial charge on any atom is 0.407 e. The molecule has 5 nitrogen and oxygen atoms in total. The Morgan fingerprint density at radius 3 is 2.29 bits per heavy atom. The van der Waals surface area contributed by atoms with Crippen LogP contribution in [-0.4, -0.2) is 29.3 Å². The average molecular weight is 203 g/mol. The molecule has 5 heteroatoms. The highest BCUT2D eigenvalue weighted by molar-refractivity contribution is 5.72. The molecule has 14 heavy (non-hydrogen) atoms. The summed E-state index contributed by atoms with van der Waals surface area (Å²) in [6, 6.07) is 0. The monoisotopic (exact) mass is 203 g/mol. The number of hydrogen-bond acceptors (Lipinski definition) is 3. The molecule has 0 heterocycles. The number of ether oxygens (including phenoxy) is 1. The van der Waals surface area contributed by atoms with Gasteiger partial charge >= 0.3 is 12.1 Å². The van der Waals surface area contributed by atoms with Crippen LogP contribution >= 0.6 is 0 Å². The number of nitrogens with one attached hydrogen (secondary N) is 1. The van der Waals surface area contributed by atoms with Gasteiger partial charge in [0.2, 0.25) is 0 Å². The van der Waals surface area contributed by atoms with E-state index in [1.54, 1.807) is 20.8 Å². The lowest BCUT2D eigenvalue weighted by molar-refractivity contribution is -0.140. The normalized spacial score (nSPS) is 13.1. The van der Waals surface area contributed by atoms with E-state index in [-0.39, 0.29) is 6.54 Å². The van der Waals surface area contributed by atoms with Crippen molar-refractivity contribution >= 4 is 12.1 Å². The van der Waals surface area contributed by atoms with Crippen LogP contribution in [0.3, 0.4) is 0 Å². The largest absolute Gasteiger partial charge is 0.481 e.